The Morgan fingerprint density at radius 1 is 1.00 bits per heavy atom. The van der Waals surface area contributed by atoms with Gasteiger partial charge in [-0.25, -0.2) is 13.1 Å². The molecule has 2 aromatic rings. The van der Waals surface area contributed by atoms with Crippen LogP contribution in [0.5, 0.6) is 11.5 Å². The normalized spacial score (nSPS) is 11.4. The molecular formula is C22H30N2O6S. The van der Waals surface area contributed by atoms with E-state index in [9.17, 15) is 13.2 Å². The van der Waals surface area contributed by atoms with Crippen molar-refractivity contribution in [3.05, 3.63) is 53.6 Å². The van der Waals surface area contributed by atoms with Crippen LogP contribution in [0.1, 0.15) is 31.4 Å². The van der Waals surface area contributed by atoms with Gasteiger partial charge in [-0.1, -0.05) is 24.3 Å². The van der Waals surface area contributed by atoms with Crippen molar-refractivity contribution in [1.82, 2.24) is 10.0 Å². The molecular weight excluding hydrogens is 420 g/mol. The Morgan fingerprint density at radius 2 is 1.71 bits per heavy atom. The summed E-state index contributed by atoms with van der Waals surface area (Å²) in [5.41, 5.74) is 1.98. The van der Waals surface area contributed by atoms with E-state index in [-0.39, 0.29) is 29.9 Å². The summed E-state index contributed by atoms with van der Waals surface area (Å²) in [4.78, 5) is 12.1. The molecule has 0 saturated heterocycles. The number of rotatable bonds is 12. The molecule has 1 amide bonds. The Kier molecular flexibility index (Phi) is 9.29. The molecule has 0 aliphatic rings. The minimum Gasteiger partial charge on any atom is -0.493 e. The standard InChI is InChI=1S/C22H30N2O6S/c1-16(2)30-15-18-7-5-6-17(12-18)14-23-22(25)10-11-24-31(26,27)19-8-9-20(28-3)21(13-19)29-4/h5-9,12-13,16,24H,10-11,14-15H2,1-4H3,(H,23,25). The fourth-order valence-corrected chi connectivity index (χ4v) is 3.79. The van der Waals surface area contributed by atoms with E-state index in [4.69, 9.17) is 14.2 Å². The van der Waals surface area contributed by atoms with Crippen LogP contribution in [-0.2, 0) is 32.7 Å². The van der Waals surface area contributed by atoms with Gasteiger partial charge in [-0.3, -0.25) is 4.79 Å². The summed E-state index contributed by atoms with van der Waals surface area (Å²) in [5.74, 6) is 0.489. The largest absolute Gasteiger partial charge is 0.493 e. The van der Waals surface area contributed by atoms with Gasteiger partial charge in [0, 0.05) is 25.6 Å². The summed E-state index contributed by atoms with van der Waals surface area (Å²) in [5, 5.41) is 2.80. The maximum absolute atomic E-state index is 12.5. The Bertz CT molecular complexity index is 976. The molecule has 0 spiro atoms. The lowest BCUT2D eigenvalue weighted by Gasteiger charge is -2.11. The van der Waals surface area contributed by atoms with Crippen LogP contribution in [0.2, 0.25) is 0 Å². The van der Waals surface area contributed by atoms with Crippen LogP contribution in [0.4, 0.5) is 0 Å². The maximum Gasteiger partial charge on any atom is 0.240 e. The Labute approximate surface area is 184 Å². The van der Waals surface area contributed by atoms with E-state index in [2.05, 4.69) is 10.0 Å². The van der Waals surface area contributed by atoms with E-state index >= 15 is 0 Å². The highest BCUT2D eigenvalue weighted by Gasteiger charge is 2.17. The van der Waals surface area contributed by atoms with Crippen LogP contribution in [-0.4, -0.2) is 41.2 Å². The molecule has 0 aliphatic heterocycles. The SMILES string of the molecule is COc1ccc(S(=O)(=O)NCCC(=O)NCc2cccc(COC(C)C)c2)cc1OC. The van der Waals surface area contributed by atoms with Gasteiger partial charge in [0.05, 0.1) is 31.8 Å². The molecule has 2 aromatic carbocycles. The summed E-state index contributed by atoms with van der Waals surface area (Å²) in [7, 11) is -0.879. The lowest BCUT2D eigenvalue weighted by atomic mass is 10.1. The van der Waals surface area contributed by atoms with E-state index in [1.165, 1.54) is 32.4 Å². The van der Waals surface area contributed by atoms with Gasteiger partial charge < -0.3 is 19.5 Å². The molecule has 8 nitrogen and oxygen atoms in total. The van der Waals surface area contributed by atoms with Crippen molar-refractivity contribution in [2.45, 2.75) is 44.4 Å². The quantitative estimate of drug-likeness (QED) is 0.515. The van der Waals surface area contributed by atoms with Crippen molar-refractivity contribution in [1.29, 1.82) is 0 Å². The molecule has 0 radical (unpaired) electrons. The van der Waals surface area contributed by atoms with Crippen LogP contribution >= 0.6 is 0 Å². The van der Waals surface area contributed by atoms with Gasteiger partial charge in [0.15, 0.2) is 11.5 Å². The smallest absolute Gasteiger partial charge is 0.240 e. The number of amides is 1. The molecule has 0 atom stereocenters. The lowest BCUT2D eigenvalue weighted by Crippen LogP contribution is -2.30. The highest BCUT2D eigenvalue weighted by atomic mass is 32.2. The van der Waals surface area contributed by atoms with Crippen molar-refractivity contribution in [3.63, 3.8) is 0 Å². The molecule has 31 heavy (non-hydrogen) atoms. The third-order valence-electron chi connectivity index (χ3n) is 4.37. The van der Waals surface area contributed by atoms with E-state index in [1.807, 2.05) is 38.1 Å². The zero-order chi connectivity index (χ0) is 22.9. The van der Waals surface area contributed by atoms with Gasteiger partial charge in [-0.2, -0.15) is 0 Å². The van der Waals surface area contributed by atoms with Gasteiger partial charge in [0.25, 0.3) is 0 Å². The third kappa shape index (κ3) is 7.86. The highest BCUT2D eigenvalue weighted by Crippen LogP contribution is 2.29. The summed E-state index contributed by atoms with van der Waals surface area (Å²) >= 11 is 0. The second-order valence-electron chi connectivity index (χ2n) is 7.12. The average molecular weight is 451 g/mol. The molecule has 0 saturated carbocycles. The molecule has 0 heterocycles. The first-order valence-electron chi connectivity index (χ1n) is 9.93. The van der Waals surface area contributed by atoms with Gasteiger partial charge in [0.1, 0.15) is 0 Å². The predicted molar refractivity (Wildman–Crippen MR) is 118 cm³/mol. The Morgan fingerprint density at radius 3 is 2.39 bits per heavy atom. The number of carbonyl (C=O) groups excluding carboxylic acids is 1. The van der Waals surface area contributed by atoms with Crippen LogP contribution in [0.15, 0.2) is 47.4 Å². The van der Waals surface area contributed by atoms with E-state index in [1.54, 1.807) is 0 Å². The van der Waals surface area contributed by atoms with E-state index in [0.29, 0.717) is 24.7 Å². The zero-order valence-corrected chi connectivity index (χ0v) is 19.1. The number of methoxy groups -OCH3 is 2. The van der Waals surface area contributed by atoms with E-state index < -0.39 is 10.0 Å². The van der Waals surface area contributed by atoms with Crippen LogP contribution in [0, 0.1) is 0 Å². The number of carbonyl (C=O) groups is 1. The molecule has 9 heteroatoms. The van der Waals surface area contributed by atoms with Crippen molar-refractivity contribution in [3.8, 4) is 11.5 Å². The van der Waals surface area contributed by atoms with Gasteiger partial charge >= 0.3 is 0 Å². The lowest BCUT2D eigenvalue weighted by molar-refractivity contribution is -0.121. The molecule has 2 N–H and O–H groups in total. The molecule has 0 aromatic heterocycles. The molecule has 0 unspecified atom stereocenters. The monoisotopic (exact) mass is 450 g/mol. The molecule has 2 rings (SSSR count). The summed E-state index contributed by atoms with van der Waals surface area (Å²) in [6.45, 7) is 4.80. The van der Waals surface area contributed by atoms with Gasteiger partial charge in [-0.05, 0) is 37.1 Å². The number of hydrogen-bond acceptors (Lipinski definition) is 6. The van der Waals surface area contributed by atoms with Crippen LogP contribution in [0.25, 0.3) is 0 Å². The van der Waals surface area contributed by atoms with E-state index in [0.717, 1.165) is 11.1 Å². The van der Waals surface area contributed by atoms with Crippen molar-refractivity contribution in [2.75, 3.05) is 20.8 Å². The maximum atomic E-state index is 12.5. The number of ether oxygens (including phenoxy) is 3. The number of sulfonamides is 1. The predicted octanol–water partition coefficient (Wildman–Crippen LogP) is 2.61. The van der Waals surface area contributed by atoms with Gasteiger partial charge in [0.2, 0.25) is 15.9 Å². The second kappa shape index (κ2) is 11.7. The number of hydrogen-bond donors (Lipinski definition) is 2. The van der Waals surface area contributed by atoms with Crippen LogP contribution < -0.4 is 19.5 Å². The zero-order valence-electron chi connectivity index (χ0n) is 18.3. The van der Waals surface area contributed by atoms with Crippen molar-refractivity contribution < 1.29 is 27.4 Å². The van der Waals surface area contributed by atoms with Crippen molar-refractivity contribution in [2.24, 2.45) is 0 Å². The minimum absolute atomic E-state index is 0.0165. The molecule has 0 fully saturated rings. The summed E-state index contributed by atoms with van der Waals surface area (Å²) in [6, 6.07) is 12.1. The fraction of sp³-hybridized carbons (Fsp3) is 0.409. The first-order valence-corrected chi connectivity index (χ1v) is 11.4. The second-order valence-corrected chi connectivity index (χ2v) is 8.89. The number of benzene rings is 2. The van der Waals surface area contributed by atoms with Gasteiger partial charge in [-0.15, -0.1) is 0 Å². The summed E-state index contributed by atoms with van der Waals surface area (Å²) < 4.78 is 43.2. The summed E-state index contributed by atoms with van der Waals surface area (Å²) in [6.07, 6.45) is 0.161. The first-order chi connectivity index (χ1) is 14.7. The Balaban J connectivity index is 1.83. The Hall–Kier alpha value is -2.62. The molecule has 170 valence electrons. The molecule has 0 bridgehead atoms. The van der Waals surface area contributed by atoms with Crippen LogP contribution in [0.3, 0.4) is 0 Å². The highest BCUT2D eigenvalue weighted by molar-refractivity contribution is 7.89. The third-order valence-corrected chi connectivity index (χ3v) is 5.83. The first kappa shape index (κ1) is 24.6. The topological polar surface area (TPSA) is 103 Å². The average Bonchev–Trinajstić information content (AvgIpc) is 2.75. The number of nitrogens with one attached hydrogen (secondary N) is 2. The van der Waals surface area contributed by atoms with Crippen molar-refractivity contribution >= 4 is 15.9 Å². The molecule has 0 aliphatic carbocycles. The fourth-order valence-electron chi connectivity index (χ4n) is 2.75. The minimum atomic E-state index is -3.78.